The van der Waals surface area contributed by atoms with Gasteiger partial charge in [-0.2, -0.15) is 0 Å². The minimum absolute atomic E-state index is 0. The van der Waals surface area contributed by atoms with Crippen LogP contribution in [0, 0.1) is 0 Å². The number of likely N-dealkylation sites (N-methyl/N-ethyl adjacent to an activating group) is 1. The van der Waals surface area contributed by atoms with Crippen molar-refractivity contribution in [2.45, 2.75) is 31.5 Å². The van der Waals surface area contributed by atoms with Gasteiger partial charge in [0.05, 0.1) is 12.2 Å². The second-order valence-corrected chi connectivity index (χ2v) is 4.28. The number of nitrogens with one attached hydrogen (secondary N) is 1. The number of piperidine rings is 1. The van der Waals surface area contributed by atoms with E-state index >= 15 is 0 Å². The van der Waals surface area contributed by atoms with Gasteiger partial charge < -0.3 is 15.0 Å². The van der Waals surface area contributed by atoms with Gasteiger partial charge in [-0.3, -0.25) is 0 Å². The van der Waals surface area contributed by atoms with Crippen LogP contribution < -0.4 is 5.32 Å². The van der Waals surface area contributed by atoms with Gasteiger partial charge in [-0.05, 0) is 39.4 Å². The maximum absolute atomic E-state index is 6.02. The first-order chi connectivity index (χ1) is 6.34. The Morgan fingerprint density at radius 2 is 2.00 bits per heavy atom. The van der Waals surface area contributed by atoms with Crippen LogP contribution >= 0.6 is 24.8 Å². The van der Waals surface area contributed by atoms with Crippen LogP contribution in [-0.4, -0.2) is 50.3 Å². The van der Waals surface area contributed by atoms with Crippen molar-refractivity contribution in [1.82, 2.24) is 10.2 Å². The highest BCUT2D eigenvalue weighted by Crippen LogP contribution is 2.15. The number of halogens is 2. The normalized spacial score (nSPS) is 31.8. The zero-order valence-corrected chi connectivity index (χ0v) is 10.9. The van der Waals surface area contributed by atoms with Crippen molar-refractivity contribution in [1.29, 1.82) is 0 Å². The smallest absolute Gasteiger partial charge is 0.0715 e. The number of rotatable bonds is 2. The lowest BCUT2D eigenvalue weighted by Gasteiger charge is -2.31. The Bertz CT molecular complexity index is 166. The molecular weight excluding hydrogens is 235 g/mol. The van der Waals surface area contributed by atoms with Gasteiger partial charge >= 0.3 is 0 Å². The highest BCUT2D eigenvalue weighted by molar-refractivity contribution is 5.85. The molecule has 0 radical (unpaired) electrons. The van der Waals surface area contributed by atoms with Crippen LogP contribution in [0.4, 0.5) is 0 Å². The van der Waals surface area contributed by atoms with Crippen LogP contribution in [0.2, 0.25) is 0 Å². The number of ether oxygens (including phenoxy) is 1. The number of hydrogen-bond acceptors (Lipinski definition) is 3. The van der Waals surface area contributed by atoms with Gasteiger partial charge in [0.25, 0.3) is 0 Å². The fourth-order valence-electron chi connectivity index (χ4n) is 2.25. The molecule has 2 rings (SSSR count). The van der Waals surface area contributed by atoms with Crippen LogP contribution in [0.15, 0.2) is 0 Å². The molecule has 0 amide bonds. The van der Waals surface area contributed by atoms with Crippen LogP contribution in [0.25, 0.3) is 0 Å². The summed E-state index contributed by atoms with van der Waals surface area (Å²) in [7, 11) is 2.18. The lowest BCUT2D eigenvalue weighted by atomic mass is 10.1. The van der Waals surface area contributed by atoms with E-state index in [9.17, 15) is 0 Å². The summed E-state index contributed by atoms with van der Waals surface area (Å²) < 4.78 is 6.02. The maximum Gasteiger partial charge on any atom is 0.0715 e. The van der Waals surface area contributed by atoms with Crippen molar-refractivity contribution in [2.24, 2.45) is 0 Å². The summed E-state index contributed by atoms with van der Waals surface area (Å²) in [5.74, 6) is 0. The summed E-state index contributed by atoms with van der Waals surface area (Å²) in [6.07, 6.45) is 4.71. The first kappa shape index (κ1) is 15.5. The van der Waals surface area contributed by atoms with Gasteiger partial charge in [-0.25, -0.2) is 0 Å². The summed E-state index contributed by atoms with van der Waals surface area (Å²) in [5.41, 5.74) is 0. The molecular formula is C10H22Cl2N2O. The van der Waals surface area contributed by atoms with Gasteiger partial charge in [0.1, 0.15) is 0 Å². The van der Waals surface area contributed by atoms with Crippen molar-refractivity contribution in [2.75, 3.05) is 33.2 Å². The highest BCUT2D eigenvalue weighted by atomic mass is 35.5. The Morgan fingerprint density at radius 1 is 1.20 bits per heavy atom. The fourth-order valence-corrected chi connectivity index (χ4v) is 2.25. The highest BCUT2D eigenvalue weighted by Gasteiger charge is 2.23. The molecule has 15 heavy (non-hydrogen) atoms. The van der Waals surface area contributed by atoms with E-state index in [1.165, 1.54) is 25.8 Å². The first-order valence-corrected chi connectivity index (χ1v) is 5.39. The Morgan fingerprint density at radius 3 is 2.60 bits per heavy atom. The van der Waals surface area contributed by atoms with E-state index in [4.69, 9.17) is 4.74 Å². The lowest BCUT2D eigenvalue weighted by molar-refractivity contribution is -0.0347. The molecule has 3 nitrogen and oxygen atoms in total. The maximum atomic E-state index is 6.02. The number of nitrogens with zero attached hydrogens (tertiary/aromatic N) is 1. The summed E-state index contributed by atoms with van der Waals surface area (Å²) in [6, 6.07) is 0. The average Bonchev–Trinajstić information content (AvgIpc) is 2.57. The van der Waals surface area contributed by atoms with E-state index in [0.717, 1.165) is 19.6 Å². The number of hydrogen-bond donors (Lipinski definition) is 1. The quantitative estimate of drug-likeness (QED) is 0.807. The van der Waals surface area contributed by atoms with Crippen molar-refractivity contribution < 1.29 is 4.74 Å². The average molecular weight is 257 g/mol. The Balaban J connectivity index is 0.000000980. The number of likely N-dealkylation sites (tertiary alicyclic amines) is 1. The molecule has 2 unspecified atom stereocenters. The molecule has 0 bridgehead atoms. The van der Waals surface area contributed by atoms with Gasteiger partial charge in [0.15, 0.2) is 0 Å². The third kappa shape index (κ3) is 4.87. The topological polar surface area (TPSA) is 24.5 Å². The van der Waals surface area contributed by atoms with Gasteiger partial charge in [-0.1, -0.05) is 0 Å². The molecule has 0 saturated carbocycles. The largest absolute Gasteiger partial charge is 0.372 e. The monoisotopic (exact) mass is 256 g/mol. The predicted octanol–water partition coefficient (Wildman–Crippen LogP) is 1.30. The van der Waals surface area contributed by atoms with E-state index in [1.54, 1.807) is 0 Å². The van der Waals surface area contributed by atoms with E-state index in [1.807, 2.05) is 0 Å². The van der Waals surface area contributed by atoms with E-state index in [0.29, 0.717) is 12.2 Å². The molecule has 2 aliphatic rings. The van der Waals surface area contributed by atoms with Crippen LogP contribution in [-0.2, 0) is 4.74 Å². The molecule has 0 spiro atoms. The predicted molar refractivity (Wildman–Crippen MR) is 67.4 cm³/mol. The van der Waals surface area contributed by atoms with Crippen molar-refractivity contribution in [3.05, 3.63) is 0 Å². The second kappa shape index (κ2) is 7.69. The molecule has 0 aromatic carbocycles. The molecule has 2 heterocycles. The molecule has 0 aromatic rings. The minimum atomic E-state index is 0. The van der Waals surface area contributed by atoms with Gasteiger partial charge in [0.2, 0.25) is 0 Å². The lowest BCUT2D eigenvalue weighted by Crippen LogP contribution is -2.39. The van der Waals surface area contributed by atoms with Crippen LogP contribution in [0.3, 0.4) is 0 Å². The molecule has 2 aliphatic heterocycles. The Labute approximate surface area is 105 Å². The van der Waals surface area contributed by atoms with Gasteiger partial charge in [0, 0.05) is 13.1 Å². The van der Waals surface area contributed by atoms with Gasteiger partial charge in [-0.15, -0.1) is 24.8 Å². The standard InChI is InChI=1S/C10H20N2O.2ClH/c1-12-6-2-3-10(8-12)13-9-4-5-11-7-9;;/h9-11H,2-8H2,1H3;2*1H. The van der Waals surface area contributed by atoms with Crippen molar-refractivity contribution in [3.63, 3.8) is 0 Å². The first-order valence-electron chi connectivity index (χ1n) is 5.39. The minimum Gasteiger partial charge on any atom is -0.372 e. The molecule has 2 saturated heterocycles. The zero-order chi connectivity index (χ0) is 9.10. The fraction of sp³-hybridized carbons (Fsp3) is 1.00. The Hall–Kier alpha value is 0.460. The summed E-state index contributed by atoms with van der Waals surface area (Å²) in [6.45, 7) is 4.55. The zero-order valence-electron chi connectivity index (χ0n) is 9.28. The van der Waals surface area contributed by atoms with Crippen molar-refractivity contribution >= 4 is 24.8 Å². The van der Waals surface area contributed by atoms with Crippen molar-refractivity contribution in [3.8, 4) is 0 Å². The Kier molecular flexibility index (Phi) is 7.92. The third-order valence-corrected chi connectivity index (χ3v) is 2.98. The van der Waals surface area contributed by atoms with Crippen LogP contribution in [0.1, 0.15) is 19.3 Å². The third-order valence-electron chi connectivity index (χ3n) is 2.98. The molecule has 0 aromatic heterocycles. The molecule has 2 fully saturated rings. The molecule has 2 atom stereocenters. The van der Waals surface area contributed by atoms with E-state index in [2.05, 4.69) is 17.3 Å². The van der Waals surface area contributed by atoms with E-state index in [-0.39, 0.29) is 24.8 Å². The molecule has 5 heteroatoms. The SMILES string of the molecule is CN1CCCC(OC2CCNC2)C1.Cl.Cl. The van der Waals surface area contributed by atoms with E-state index < -0.39 is 0 Å². The molecule has 0 aliphatic carbocycles. The second-order valence-electron chi connectivity index (χ2n) is 4.28. The molecule has 92 valence electrons. The van der Waals surface area contributed by atoms with Crippen LogP contribution in [0.5, 0.6) is 0 Å². The summed E-state index contributed by atoms with van der Waals surface area (Å²) >= 11 is 0. The summed E-state index contributed by atoms with van der Waals surface area (Å²) in [5, 5.41) is 3.33. The molecule has 1 N–H and O–H groups in total. The summed E-state index contributed by atoms with van der Waals surface area (Å²) in [4.78, 5) is 2.37.